The Bertz CT molecular complexity index is 695. The van der Waals surface area contributed by atoms with Gasteiger partial charge in [-0.2, -0.15) is 0 Å². The van der Waals surface area contributed by atoms with Crippen LogP contribution in [-0.4, -0.2) is 15.0 Å². The molecule has 4 heteroatoms. The molecule has 19 heavy (non-hydrogen) atoms. The van der Waals surface area contributed by atoms with Gasteiger partial charge in [0, 0.05) is 24.3 Å². The maximum absolute atomic E-state index is 4.33. The fraction of sp³-hybridized carbons (Fsp3) is 0.133. The van der Waals surface area contributed by atoms with E-state index in [2.05, 4.69) is 39.3 Å². The number of hydrogen-bond donors (Lipinski definition) is 1. The molecule has 0 amide bonds. The fourth-order valence-electron chi connectivity index (χ4n) is 2.00. The zero-order valence-corrected chi connectivity index (χ0v) is 10.7. The number of nitrogens with one attached hydrogen (secondary N) is 1. The molecule has 2 aromatic heterocycles. The Labute approximate surface area is 111 Å². The highest BCUT2D eigenvalue weighted by Gasteiger charge is 2.03. The molecular weight excluding hydrogens is 236 g/mol. The van der Waals surface area contributed by atoms with E-state index in [0.717, 1.165) is 23.3 Å². The number of pyridine rings is 1. The van der Waals surface area contributed by atoms with Crippen LogP contribution in [0, 0.1) is 6.92 Å². The summed E-state index contributed by atoms with van der Waals surface area (Å²) in [6.45, 7) is 2.79. The van der Waals surface area contributed by atoms with E-state index in [9.17, 15) is 0 Å². The number of aromatic nitrogens is 3. The highest BCUT2D eigenvalue weighted by Crippen LogP contribution is 2.20. The Morgan fingerprint density at radius 3 is 2.74 bits per heavy atom. The minimum atomic E-state index is 0.725. The van der Waals surface area contributed by atoms with E-state index >= 15 is 0 Å². The second kappa shape index (κ2) is 5.02. The number of fused-ring (bicyclic) bond motifs is 1. The molecule has 1 aromatic carbocycles. The predicted octanol–water partition coefficient (Wildman–Crippen LogP) is 2.95. The number of aryl methyl sites for hydroxylation is 1. The van der Waals surface area contributed by atoms with E-state index in [0.29, 0.717) is 0 Å². The first kappa shape index (κ1) is 11.6. The highest BCUT2D eigenvalue weighted by molar-refractivity contribution is 5.89. The number of anilines is 1. The molecule has 0 radical (unpaired) electrons. The van der Waals surface area contributed by atoms with Crippen LogP contribution in [0.1, 0.15) is 11.1 Å². The van der Waals surface area contributed by atoms with Crippen molar-refractivity contribution in [1.82, 2.24) is 15.0 Å². The molecule has 0 saturated heterocycles. The maximum atomic E-state index is 4.33. The Morgan fingerprint density at radius 2 is 1.89 bits per heavy atom. The second-order valence-corrected chi connectivity index (χ2v) is 4.45. The van der Waals surface area contributed by atoms with Crippen molar-refractivity contribution in [1.29, 1.82) is 0 Å². The standard InChI is InChI=1S/C15H14N4/c1-11-2-3-14-13(8-11)15(19-10-18-14)17-9-12-4-6-16-7-5-12/h2-8,10H,9H2,1H3,(H,17,18,19). The lowest BCUT2D eigenvalue weighted by molar-refractivity contribution is 1.09. The minimum Gasteiger partial charge on any atom is -0.365 e. The lowest BCUT2D eigenvalue weighted by Crippen LogP contribution is -2.02. The molecule has 0 bridgehead atoms. The Balaban J connectivity index is 1.90. The molecule has 3 rings (SSSR count). The van der Waals surface area contributed by atoms with E-state index in [-0.39, 0.29) is 0 Å². The van der Waals surface area contributed by atoms with Crippen LogP contribution in [0.5, 0.6) is 0 Å². The molecule has 0 aliphatic carbocycles. The van der Waals surface area contributed by atoms with Gasteiger partial charge >= 0.3 is 0 Å². The van der Waals surface area contributed by atoms with Crippen molar-refractivity contribution in [3.05, 3.63) is 60.2 Å². The van der Waals surface area contributed by atoms with Crippen LogP contribution in [0.4, 0.5) is 5.82 Å². The van der Waals surface area contributed by atoms with Crippen LogP contribution >= 0.6 is 0 Å². The molecule has 4 nitrogen and oxygen atoms in total. The molecule has 3 aromatic rings. The van der Waals surface area contributed by atoms with Gasteiger partial charge in [-0.25, -0.2) is 9.97 Å². The average Bonchev–Trinajstić information content (AvgIpc) is 2.46. The van der Waals surface area contributed by atoms with E-state index in [4.69, 9.17) is 0 Å². The van der Waals surface area contributed by atoms with Crippen molar-refractivity contribution in [2.45, 2.75) is 13.5 Å². The topological polar surface area (TPSA) is 50.7 Å². The summed E-state index contributed by atoms with van der Waals surface area (Å²) in [7, 11) is 0. The lowest BCUT2D eigenvalue weighted by Gasteiger charge is -2.08. The van der Waals surface area contributed by atoms with Gasteiger partial charge in [0.2, 0.25) is 0 Å². The lowest BCUT2D eigenvalue weighted by atomic mass is 10.1. The van der Waals surface area contributed by atoms with Crippen LogP contribution in [0.15, 0.2) is 49.1 Å². The van der Waals surface area contributed by atoms with Gasteiger partial charge in [0.1, 0.15) is 12.1 Å². The minimum absolute atomic E-state index is 0.725. The van der Waals surface area contributed by atoms with Gasteiger partial charge in [0.25, 0.3) is 0 Å². The van der Waals surface area contributed by atoms with Crippen LogP contribution in [0.3, 0.4) is 0 Å². The predicted molar refractivity (Wildman–Crippen MR) is 75.8 cm³/mol. The Kier molecular flexibility index (Phi) is 3.06. The molecular formula is C15H14N4. The van der Waals surface area contributed by atoms with Gasteiger partial charge < -0.3 is 5.32 Å². The average molecular weight is 250 g/mol. The second-order valence-electron chi connectivity index (χ2n) is 4.45. The normalized spacial score (nSPS) is 10.6. The van der Waals surface area contributed by atoms with E-state index in [1.807, 2.05) is 18.2 Å². The molecule has 2 heterocycles. The molecule has 1 N–H and O–H groups in total. The van der Waals surface area contributed by atoms with Crippen molar-refractivity contribution in [3.63, 3.8) is 0 Å². The monoisotopic (exact) mass is 250 g/mol. The molecule has 0 atom stereocenters. The summed E-state index contributed by atoms with van der Waals surface area (Å²) in [5.74, 6) is 0.866. The molecule has 0 unspecified atom stereocenters. The van der Waals surface area contributed by atoms with Crippen LogP contribution in [-0.2, 0) is 6.54 Å². The third-order valence-corrected chi connectivity index (χ3v) is 3.00. The first-order valence-corrected chi connectivity index (χ1v) is 6.17. The third-order valence-electron chi connectivity index (χ3n) is 3.00. The quantitative estimate of drug-likeness (QED) is 0.776. The summed E-state index contributed by atoms with van der Waals surface area (Å²) in [4.78, 5) is 12.6. The first-order valence-electron chi connectivity index (χ1n) is 6.17. The molecule has 0 fully saturated rings. The number of hydrogen-bond acceptors (Lipinski definition) is 4. The summed E-state index contributed by atoms with van der Waals surface area (Å²) >= 11 is 0. The molecule has 94 valence electrons. The van der Waals surface area contributed by atoms with Crippen molar-refractivity contribution in [2.75, 3.05) is 5.32 Å². The summed E-state index contributed by atoms with van der Waals surface area (Å²) in [5, 5.41) is 4.40. The first-order chi connectivity index (χ1) is 9.33. The SMILES string of the molecule is Cc1ccc2ncnc(NCc3ccncc3)c2c1. The van der Waals surface area contributed by atoms with E-state index in [1.54, 1.807) is 18.7 Å². The number of nitrogens with zero attached hydrogens (tertiary/aromatic N) is 3. The van der Waals surface area contributed by atoms with Gasteiger partial charge in [-0.3, -0.25) is 4.98 Å². The van der Waals surface area contributed by atoms with Gasteiger partial charge in [-0.15, -0.1) is 0 Å². The molecule has 0 aliphatic heterocycles. The van der Waals surface area contributed by atoms with E-state index in [1.165, 1.54) is 11.1 Å². The number of benzene rings is 1. The fourth-order valence-corrected chi connectivity index (χ4v) is 2.00. The summed E-state index contributed by atoms with van der Waals surface area (Å²) in [5.41, 5.74) is 3.33. The molecule has 0 aliphatic rings. The molecule has 0 saturated carbocycles. The van der Waals surface area contributed by atoms with E-state index < -0.39 is 0 Å². The smallest absolute Gasteiger partial charge is 0.137 e. The van der Waals surface area contributed by atoms with Gasteiger partial charge in [-0.05, 0) is 36.8 Å². The van der Waals surface area contributed by atoms with Crippen LogP contribution in [0.2, 0.25) is 0 Å². The highest BCUT2D eigenvalue weighted by atomic mass is 15.0. The maximum Gasteiger partial charge on any atom is 0.137 e. The third kappa shape index (κ3) is 2.52. The Morgan fingerprint density at radius 1 is 1.05 bits per heavy atom. The number of rotatable bonds is 3. The van der Waals surface area contributed by atoms with Gasteiger partial charge in [-0.1, -0.05) is 11.6 Å². The van der Waals surface area contributed by atoms with Crippen LogP contribution in [0.25, 0.3) is 10.9 Å². The Hall–Kier alpha value is -2.49. The summed E-state index contributed by atoms with van der Waals surface area (Å²) < 4.78 is 0. The van der Waals surface area contributed by atoms with Crippen molar-refractivity contribution >= 4 is 16.7 Å². The van der Waals surface area contributed by atoms with Crippen LogP contribution < -0.4 is 5.32 Å². The van der Waals surface area contributed by atoms with Gasteiger partial charge in [0.05, 0.1) is 5.52 Å². The summed E-state index contributed by atoms with van der Waals surface area (Å²) in [6, 6.07) is 10.2. The summed E-state index contributed by atoms with van der Waals surface area (Å²) in [6.07, 6.45) is 5.17. The van der Waals surface area contributed by atoms with Crippen molar-refractivity contribution in [2.24, 2.45) is 0 Å². The van der Waals surface area contributed by atoms with Crippen molar-refractivity contribution < 1.29 is 0 Å². The molecule has 0 spiro atoms. The zero-order valence-electron chi connectivity index (χ0n) is 10.7. The largest absolute Gasteiger partial charge is 0.365 e. The van der Waals surface area contributed by atoms with Crippen molar-refractivity contribution in [3.8, 4) is 0 Å². The zero-order chi connectivity index (χ0) is 13.1. The van der Waals surface area contributed by atoms with Gasteiger partial charge in [0.15, 0.2) is 0 Å².